The zero-order chi connectivity index (χ0) is 21.2. The molecule has 0 radical (unpaired) electrons. The molecule has 2 aromatic carbocycles. The van der Waals surface area contributed by atoms with E-state index in [0.717, 1.165) is 12.0 Å². The van der Waals surface area contributed by atoms with E-state index in [2.05, 4.69) is 5.32 Å². The molecule has 0 unspecified atom stereocenters. The number of nitrogens with one attached hydrogen (secondary N) is 1. The number of likely N-dealkylation sites (N-methyl/N-ethyl adjacent to an activating group) is 1. The highest BCUT2D eigenvalue weighted by molar-refractivity contribution is 6.30. The Balaban J connectivity index is 1.93. The second-order valence-corrected chi connectivity index (χ2v) is 6.78. The van der Waals surface area contributed by atoms with Gasteiger partial charge in [0.05, 0.1) is 20.3 Å². The predicted octanol–water partition coefficient (Wildman–Crippen LogP) is 4.25. The summed E-state index contributed by atoms with van der Waals surface area (Å²) < 4.78 is 11.0. The van der Waals surface area contributed by atoms with Crippen molar-refractivity contribution in [3.8, 4) is 11.5 Å². The molecule has 2 rings (SSSR count). The zero-order valence-electron chi connectivity index (χ0n) is 16.8. The smallest absolute Gasteiger partial charge is 0.246 e. The van der Waals surface area contributed by atoms with E-state index in [-0.39, 0.29) is 18.4 Å². The van der Waals surface area contributed by atoms with Gasteiger partial charge in [-0.3, -0.25) is 9.59 Å². The van der Waals surface area contributed by atoms with Crippen molar-refractivity contribution in [2.75, 3.05) is 32.6 Å². The lowest BCUT2D eigenvalue weighted by Gasteiger charge is -2.15. The van der Waals surface area contributed by atoms with Crippen LogP contribution >= 0.6 is 11.6 Å². The molecule has 0 aliphatic carbocycles. The molecule has 0 fully saturated rings. The summed E-state index contributed by atoms with van der Waals surface area (Å²) in [6.45, 7) is 2.56. The first-order valence-corrected chi connectivity index (χ1v) is 9.60. The second-order valence-electron chi connectivity index (χ2n) is 6.34. The van der Waals surface area contributed by atoms with E-state index in [1.807, 2.05) is 19.1 Å². The summed E-state index contributed by atoms with van der Waals surface area (Å²) in [5, 5.41) is 3.31. The molecular formula is C22H25ClN2O4. The Bertz CT molecular complexity index is 866. The molecule has 0 aliphatic rings. The standard InChI is InChI=1S/C22H25ClN2O4/c1-4-13-29-19-11-5-16(14-20(19)28-3)6-12-22(27)25(2)15-21(26)24-18-9-7-17(23)8-10-18/h5-12,14H,4,13,15H2,1-3H3,(H,24,26)/b12-6+. The summed E-state index contributed by atoms with van der Waals surface area (Å²) in [6.07, 6.45) is 3.98. The molecule has 6 nitrogen and oxygen atoms in total. The molecule has 0 aliphatic heterocycles. The Hall–Kier alpha value is -2.99. The van der Waals surface area contributed by atoms with Crippen LogP contribution in [0.5, 0.6) is 11.5 Å². The predicted molar refractivity (Wildman–Crippen MR) is 116 cm³/mol. The van der Waals surface area contributed by atoms with Gasteiger partial charge in [-0.25, -0.2) is 0 Å². The Morgan fingerprint density at radius 1 is 1.14 bits per heavy atom. The summed E-state index contributed by atoms with van der Waals surface area (Å²) in [5.41, 5.74) is 1.41. The van der Waals surface area contributed by atoms with Gasteiger partial charge in [-0.15, -0.1) is 0 Å². The van der Waals surface area contributed by atoms with Gasteiger partial charge in [-0.05, 0) is 54.5 Å². The lowest BCUT2D eigenvalue weighted by atomic mass is 10.2. The third kappa shape index (κ3) is 7.16. The summed E-state index contributed by atoms with van der Waals surface area (Å²) >= 11 is 5.82. The average molecular weight is 417 g/mol. The maximum atomic E-state index is 12.3. The molecule has 29 heavy (non-hydrogen) atoms. The van der Waals surface area contributed by atoms with Gasteiger partial charge >= 0.3 is 0 Å². The van der Waals surface area contributed by atoms with Crippen molar-refractivity contribution < 1.29 is 19.1 Å². The maximum absolute atomic E-state index is 12.3. The fourth-order valence-corrected chi connectivity index (χ4v) is 2.57. The van der Waals surface area contributed by atoms with Gasteiger partial charge < -0.3 is 19.7 Å². The Morgan fingerprint density at radius 2 is 1.86 bits per heavy atom. The third-order valence-corrected chi connectivity index (χ3v) is 4.20. The number of anilines is 1. The molecule has 2 aromatic rings. The molecule has 0 spiro atoms. The van der Waals surface area contributed by atoms with E-state index in [4.69, 9.17) is 21.1 Å². The largest absolute Gasteiger partial charge is 0.493 e. The molecule has 0 saturated heterocycles. The topological polar surface area (TPSA) is 67.9 Å². The average Bonchev–Trinajstić information content (AvgIpc) is 2.72. The van der Waals surface area contributed by atoms with Crippen LogP contribution in [0, 0.1) is 0 Å². The maximum Gasteiger partial charge on any atom is 0.246 e. The molecule has 0 aromatic heterocycles. The summed E-state index contributed by atoms with van der Waals surface area (Å²) in [6, 6.07) is 12.2. The quantitative estimate of drug-likeness (QED) is 0.620. The van der Waals surface area contributed by atoms with Crippen molar-refractivity contribution in [2.45, 2.75) is 13.3 Å². The van der Waals surface area contributed by atoms with Gasteiger partial charge in [0.25, 0.3) is 0 Å². The number of benzene rings is 2. The number of amides is 2. The van der Waals surface area contributed by atoms with Crippen LogP contribution in [0.15, 0.2) is 48.5 Å². The SMILES string of the molecule is CCCOc1ccc(/C=C/C(=O)N(C)CC(=O)Nc2ccc(Cl)cc2)cc1OC. The van der Waals surface area contributed by atoms with Gasteiger partial charge in [0.1, 0.15) is 0 Å². The lowest BCUT2D eigenvalue weighted by molar-refractivity contribution is -0.129. The van der Waals surface area contributed by atoms with E-state index < -0.39 is 0 Å². The highest BCUT2D eigenvalue weighted by atomic mass is 35.5. The van der Waals surface area contributed by atoms with Gasteiger partial charge in [0.15, 0.2) is 11.5 Å². The number of ether oxygens (including phenoxy) is 2. The fourth-order valence-electron chi connectivity index (χ4n) is 2.44. The molecule has 7 heteroatoms. The van der Waals surface area contributed by atoms with E-state index in [1.165, 1.54) is 11.0 Å². The lowest BCUT2D eigenvalue weighted by Crippen LogP contribution is -2.33. The summed E-state index contributed by atoms with van der Waals surface area (Å²) in [7, 11) is 3.14. The van der Waals surface area contributed by atoms with Crippen molar-refractivity contribution in [1.29, 1.82) is 0 Å². The van der Waals surface area contributed by atoms with Crippen molar-refractivity contribution in [2.24, 2.45) is 0 Å². The molecule has 0 atom stereocenters. The van der Waals surface area contributed by atoms with E-state index in [0.29, 0.717) is 28.8 Å². The third-order valence-electron chi connectivity index (χ3n) is 3.95. The highest BCUT2D eigenvalue weighted by Gasteiger charge is 2.11. The molecular weight excluding hydrogens is 392 g/mol. The minimum absolute atomic E-state index is 0.0705. The summed E-state index contributed by atoms with van der Waals surface area (Å²) in [5.74, 6) is 0.676. The molecule has 2 amide bonds. The first kappa shape index (κ1) is 22.3. The van der Waals surface area contributed by atoms with E-state index in [9.17, 15) is 9.59 Å². The zero-order valence-corrected chi connectivity index (χ0v) is 17.5. The number of nitrogens with zero attached hydrogens (tertiary/aromatic N) is 1. The van der Waals surface area contributed by atoms with Crippen LogP contribution in [0.3, 0.4) is 0 Å². The van der Waals surface area contributed by atoms with E-state index >= 15 is 0 Å². The van der Waals surface area contributed by atoms with Crippen LogP contribution in [0.2, 0.25) is 5.02 Å². The number of hydrogen-bond donors (Lipinski definition) is 1. The Kier molecular flexibility index (Phi) is 8.55. The monoisotopic (exact) mass is 416 g/mol. The van der Waals surface area contributed by atoms with Crippen LogP contribution in [0.25, 0.3) is 6.08 Å². The molecule has 0 saturated carbocycles. The molecule has 154 valence electrons. The van der Waals surface area contributed by atoms with E-state index in [1.54, 1.807) is 50.6 Å². The first-order valence-electron chi connectivity index (χ1n) is 9.22. The second kappa shape index (κ2) is 11.1. The first-order chi connectivity index (χ1) is 13.9. The number of carbonyl (C=O) groups excluding carboxylic acids is 2. The number of rotatable bonds is 9. The number of carbonyl (C=O) groups is 2. The minimum Gasteiger partial charge on any atom is -0.493 e. The van der Waals surface area contributed by atoms with Crippen molar-refractivity contribution in [3.05, 3.63) is 59.1 Å². The van der Waals surface area contributed by atoms with Gasteiger partial charge in [0.2, 0.25) is 11.8 Å². The highest BCUT2D eigenvalue weighted by Crippen LogP contribution is 2.28. The normalized spacial score (nSPS) is 10.6. The fraction of sp³-hybridized carbons (Fsp3) is 0.273. The van der Waals surface area contributed by atoms with Crippen molar-refractivity contribution in [1.82, 2.24) is 4.90 Å². The van der Waals surface area contributed by atoms with Crippen LogP contribution in [-0.2, 0) is 9.59 Å². The van der Waals surface area contributed by atoms with Crippen LogP contribution in [0.1, 0.15) is 18.9 Å². The van der Waals surface area contributed by atoms with Crippen molar-refractivity contribution >= 4 is 35.2 Å². The van der Waals surface area contributed by atoms with Crippen LogP contribution in [0.4, 0.5) is 5.69 Å². The number of methoxy groups -OCH3 is 1. The summed E-state index contributed by atoms with van der Waals surface area (Å²) in [4.78, 5) is 25.7. The number of hydrogen-bond acceptors (Lipinski definition) is 4. The van der Waals surface area contributed by atoms with Crippen LogP contribution in [-0.4, -0.2) is 44.0 Å². The van der Waals surface area contributed by atoms with Gasteiger partial charge in [0, 0.05) is 23.8 Å². The molecule has 1 N–H and O–H groups in total. The van der Waals surface area contributed by atoms with Crippen LogP contribution < -0.4 is 14.8 Å². The molecule has 0 bridgehead atoms. The Labute approximate surface area is 176 Å². The molecule has 0 heterocycles. The van der Waals surface area contributed by atoms with Crippen molar-refractivity contribution in [3.63, 3.8) is 0 Å². The number of halogens is 1. The van der Waals surface area contributed by atoms with Gasteiger partial charge in [-0.2, -0.15) is 0 Å². The minimum atomic E-state index is -0.296. The van der Waals surface area contributed by atoms with Gasteiger partial charge in [-0.1, -0.05) is 24.6 Å². The Morgan fingerprint density at radius 3 is 2.52 bits per heavy atom.